The normalized spacial score (nSPS) is 13.2. The minimum absolute atomic E-state index is 0.364. The van der Waals surface area contributed by atoms with Crippen LogP contribution >= 0.6 is 12.2 Å². The highest BCUT2D eigenvalue weighted by molar-refractivity contribution is 7.71. The van der Waals surface area contributed by atoms with Crippen molar-refractivity contribution in [2.24, 2.45) is 5.92 Å². The third-order valence-electron chi connectivity index (χ3n) is 3.39. The number of rotatable bonds is 4. The number of hydrogen-bond acceptors (Lipinski definition) is 2. The van der Waals surface area contributed by atoms with Gasteiger partial charge in [-0.05, 0) is 44.1 Å². The van der Waals surface area contributed by atoms with Crippen LogP contribution in [0, 0.1) is 10.7 Å². The maximum absolute atomic E-state index is 5.64. The minimum Gasteiger partial charge on any atom is -0.492 e. The topological polar surface area (TPSA) is 29.9 Å². The molecule has 0 saturated carbocycles. The standard InChI is InChI=1S/C14H20N2OS/c1-5-17-12-8-6-7-11-13(12)15-14(18)16(11)10(4)9(2)3/h6-10H,5H2,1-4H3,(H,15,18). The highest BCUT2D eigenvalue weighted by Gasteiger charge is 2.16. The van der Waals surface area contributed by atoms with E-state index in [1.165, 1.54) is 0 Å². The summed E-state index contributed by atoms with van der Waals surface area (Å²) in [6, 6.07) is 6.44. The number of para-hydroxylation sites is 1. The van der Waals surface area contributed by atoms with Gasteiger partial charge >= 0.3 is 0 Å². The van der Waals surface area contributed by atoms with Gasteiger partial charge in [0, 0.05) is 6.04 Å². The van der Waals surface area contributed by atoms with E-state index in [2.05, 4.69) is 36.4 Å². The van der Waals surface area contributed by atoms with Crippen molar-refractivity contribution >= 4 is 23.3 Å². The number of H-pyrrole nitrogens is 1. The first-order valence-electron chi connectivity index (χ1n) is 6.42. The van der Waals surface area contributed by atoms with Gasteiger partial charge in [-0.2, -0.15) is 0 Å². The van der Waals surface area contributed by atoms with Crippen molar-refractivity contribution < 1.29 is 4.74 Å². The number of benzene rings is 1. The lowest BCUT2D eigenvalue weighted by Crippen LogP contribution is -2.11. The van der Waals surface area contributed by atoms with Gasteiger partial charge in [-0.1, -0.05) is 19.9 Å². The fourth-order valence-corrected chi connectivity index (χ4v) is 2.47. The molecule has 1 heterocycles. The first kappa shape index (κ1) is 13.1. The molecule has 0 aliphatic carbocycles. The predicted molar refractivity (Wildman–Crippen MR) is 77.8 cm³/mol. The summed E-state index contributed by atoms with van der Waals surface area (Å²) in [6.07, 6.45) is 0. The first-order chi connectivity index (χ1) is 8.56. The molecular formula is C14H20N2OS. The quantitative estimate of drug-likeness (QED) is 0.834. The zero-order valence-corrected chi connectivity index (χ0v) is 12.2. The van der Waals surface area contributed by atoms with Crippen molar-refractivity contribution in [3.05, 3.63) is 23.0 Å². The number of fused-ring (bicyclic) bond motifs is 1. The summed E-state index contributed by atoms with van der Waals surface area (Å²) in [5.41, 5.74) is 2.11. The number of aromatic amines is 1. The van der Waals surface area contributed by atoms with Crippen LogP contribution in [0.25, 0.3) is 11.0 Å². The van der Waals surface area contributed by atoms with Crippen LogP contribution in [-0.4, -0.2) is 16.2 Å². The summed E-state index contributed by atoms with van der Waals surface area (Å²) in [6.45, 7) is 9.25. The summed E-state index contributed by atoms with van der Waals surface area (Å²) >= 11 is 5.44. The maximum atomic E-state index is 5.64. The summed E-state index contributed by atoms with van der Waals surface area (Å²) < 4.78 is 8.58. The second kappa shape index (κ2) is 5.14. The third kappa shape index (κ3) is 2.17. The summed E-state index contributed by atoms with van der Waals surface area (Å²) in [7, 11) is 0. The van der Waals surface area contributed by atoms with Gasteiger partial charge < -0.3 is 14.3 Å². The lowest BCUT2D eigenvalue weighted by atomic mass is 10.1. The van der Waals surface area contributed by atoms with Crippen LogP contribution in [-0.2, 0) is 0 Å². The summed E-state index contributed by atoms with van der Waals surface area (Å²) in [5, 5.41) is 0. The number of nitrogens with one attached hydrogen (secondary N) is 1. The molecule has 1 aromatic heterocycles. The van der Waals surface area contributed by atoms with E-state index >= 15 is 0 Å². The molecule has 0 aliphatic rings. The second-order valence-corrected chi connectivity index (χ2v) is 5.25. The van der Waals surface area contributed by atoms with Crippen LogP contribution in [0.5, 0.6) is 5.75 Å². The third-order valence-corrected chi connectivity index (χ3v) is 3.69. The monoisotopic (exact) mass is 264 g/mol. The molecule has 0 saturated heterocycles. The van der Waals surface area contributed by atoms with Gasteiger partial charge in [-0.3, -0.25) is 0 Å². The molecule has 0 bridgehead atoms. The molecular weight excluding hydrogens is 244 g/mol. The molecule has 2 rings (SSSR count). The fourth-order valence-electron chi connectivity index (χ4n) is 2.10. The molecule has 0 amide bonds. The van der Waals surface area contributed by atoms with Gasteiger partial charge in [0.2, 0.25) is 0 Å². The van der Waals surface area contributed by atoms with Crippen molar-refractivity contribution in [3.63, 3.8) is 0 Å². The predicted octanol–water partition coefficient (Wildman–Crippen LogP) is 4.31. The molecule has 98 valence electrons. The van der Waals surface area contributed by atoms with E-state index in [0.29, 0.717) is 18.6 Å². The van der Waals surface area contributed by atoms with Crippen molar-refractivity contribution in [2.45, 2.75) is 33.7 Å². The van der Waals surface area contributed by atoms with E-state index in [1.807, 2.05) is 19.1 Å². The van der Waals surface area contributed by atoms with Gasteiger partial charge in [-0.15, -0.1) is 0 Å². The van der Waals surface area contributed by atoms with Crippen molar-refractivity contribution in [2.75, 3.05) is 6.61 Å². The average molecular weight is 264 g/mol. The molecule has 1 aromatic carbocycles. The Bertz CT molecular complexity index is 597. The van der Waals surface area contributed by atoms with E-state index in [9.17, 15) is 0 Å². The van der Waals surface area contributed by atoms with Gasteiger partial charge in [0.25, 0.3) is 0 Å². The van der Waals surface area contributed by atoms with Gasteiger partial charge in [0.15, 0.2) is 4.77 Å². The largest absolute Gasteiger partial charge is 0.492 e. The highest BCUT2D eigenvalue weighted by atomic mass is 32.1. The number of ether oxygens (including phenoxy) is 1. The Labute approximate surface area is 113 Å². The lowest BCUT2D eigenvalue weighted by molar-refractivity contribution is 0.343. The smallest absolute Gasteiger partial charge is 0.178 e. The Morgan fingerprint density at radius 3 is 2.67 bits per heavy atom. The minimum atomic E-state index is 0.364. The maximum Gasteiger partial charge on any atom is 0.178 e. The number of aromatic nitrogens is 2. The van der Waals surface area contributed by atoms with E-state index in [1.54, 1.807) is 0 Å². The Morgan fingerprint density at radius 2 is 2.06 bits per heavy atom. The highest BCUT2D eigenvalue weighted by Crippen LogP contribution is 2.29. The molecule has 0 aliphatic heterocycles. The van der Waals surface area contributed by atoms with E-state index < -0.39 is 0 Å². The van der Waals surface area contributed by atoms with Gasteiger partial charge in [0.1, 0.15) is 11.3 Å². The summed E-state index contributed by atoms with van der Waals surface area (Å²) in [5.74, 6) is 1.40. The number of nitrogens with zero attached hydrogens (tertiary/aromatic N) is 1. The molecule has 2 aromatic rings. The zero-order valence-electron chi connectivity index (χ0n) is 11.4. The van der Waals surface area contributed by atoms with Crippen LogP contribution in [0.2, 0.25) is 0 Å². The van der Waals surface area contributed by atoms with Crippen LogP contribution in [0.3, 0.4) is 0 Å². The van der Waals surface area contributed by atoms with Crippen molar-refractivity contribution in [1.82, 2.24) is 9.55 Å². The molecule has 1 atom stereocenters. The lowest BCUT2D eigenvalue weighted by Gasteiger charge is -2.18. The van der Waals surface area contributed by atoms with Crippen LogP contribution in [0.1, 0.15) is 33.7 Å². The number of imidazole rings is 1. The fraction of sp³-hybridized carbons (Fsp3) is 0.500. The SMILES string of the molecule is CCOc1cccc2c1[nH]c(=S)n2C(C)C(C)C. The van der Waals surface area contributed by atoms with E-state index in [-0.39, 0.29) is 0 Å². The van der Waals surface area contributed by atoms with Gasteiger partial charge in [0.05, 0.1) is 12.1 Å². The first-order valence-corrected chi connectivity index (χ1v) is 6.83. The van der Waals surface area contributed by atoms with Crippen LogP contribution in [0.4, 0.5) is 0 Å². The molecule has 3 nitrogen and oxygen atoms in total. The molecule has 0 spiro atoms. The van der Waals surface area contributed by atoms with E-state index in [4.69, 9.17) is 17.0 Å². The van der Waals surface area contributed by atoms with Crippen molar-refractivity contribution in [3.8, 4) is 5.75 Å². The Balaban J connectivity index is 2.65. The molecule has 1 N–H and O–H groups in total. The van der Waals surface area contributed by atoms with Crippen LogP contribution < -0.4 is 4.74 Å². The van der Waals surface area contributed by atoms with Gasteiger partial charge in [-0.25, -0.2) is 0 Å². The average Bonchev–Trinajstić information content (AvgIpc) is 2.66. The second-order valence-electron chi connectivity index (χ2n) is 4.87. The molecule has 0 fully saturated rings. The number of hydrogen-bond donors (Lipinski definition) is 1. The Morgan fingerprint density at radius 1 is 1.33 bits per heavy atom. The Kier molecular flexibility index (Phi) is 3.76. The van der Waals surface area contributed by atoms with Crippen LogP contribution in [0.15, 0.2) is 18.2 Å². The van der Waals surface area contributed by atoms with Crippen molar-refractivity contribution in [1.29, 1.82) is 0 Å². The summed E-state index contributed by atoms with van der Waals surface area (Å²) in [4.78, 5) is 3.27. The molecule has 4 heteroatoms. The zero-order chi connectivity index (χ0) is 13.3. The molecule has 18 heavy (non-hydrogen) atoms. The molecule has 0 radical (unpaired) electrons. The molecule has 1 unspecified atom stereocenters. The Hall–Kier alpha value is -1.29. The van der Waals surface area contributed by atoms with E-state index in [0.717, 1.165) is 21.6 Å².